The molecule has 0 aliphatic heterocycles. The van der Waals surface area contributed by atoms with Crippen LogP contribution in [0.4, 0.5) is 0 Å². The van der Waals surface area contributed by atoms with Gasteiger partial charge in [0.15, 0.2) is 0 Å². The zero-order chi connectivity index (χ0) is 14.4. The van der Waals surface area contributed by atoms with Gasteiger partial charge in [0.2, 0.25) is 0 Å². The Balaban J connectivity index is 1.79. The Morgan fingerprint density at radius 1 is 1.25 bits per heavy atom. The van der Waals surface area contributed by atoms with Gasteiger partial charge in [0.05, 0.1) is 6.61 Å². The summed E-state index contributed by atoms with van der Waals surface area (Å²) in [6.45, 7) is 8.52. The Labute approximate surface area is 123 Å². The van der Waals surface area contributed by atoms with E-state index >= 15 is 0 Å². The normalized spacial score (nSPS) is 22.1. The fourth-order valence-corrected chi connectivity index (χ4v) is 3.18. The van der Waals surface area contributed by atoms with E-state index in [2.05, 4.69) is 44.3 Å². The Morgan fingerprint density at radius 2 is 2.10 bits per heavy atom. The van der Waals surface area contributed by atoms with Crippen LogP contribution >= 0.6 is 0 Å². The molecule has 1 aromatic rings. The fourth-order valence-electron chi connectivity index (χ4n) is 3.18. The molecule has 0 heterocycles. The molecule has 0 bridgehead atoms. The van der Waals surface area contributed by atoms with Crippen molar-refractivity contribution in [1.82, 2.24) is 5.32 Å². The van der Waals surface area contributed by atoms with E-state index in [0.29, 0.717) is 0 Å². The molecular formula is C18H29NO. The highest BCUT2D eigenvalue weighted by atomic mass is 16.5. The Bertz CT molecular complexity index is 416. The van der Waals surface area contributed by atoms with Crippen LogP contribution in [-0.4, -0.2) is 19.2 Å². The maximum absolute atomic E-state index is 6.00. The predicted octanol–water partition coefficient (Wildman–Crippen LogP) is 4.24. The second-order valence-corrected chi connectivity index (χ2v) is 6.09. The summed E-state index contributed by atoms with van der Waals surface area (Å²) in [6, 6.07) is 7.03. The Hall–Kier alpha value is -1.02. The summed E-state index contributed by atoms with van der Waals surface area (Å²) in [5.41, 5.74) is 2.59. The Kier molecular flexibility index (Phi) is 5.90. The standard InChI is InChI=1S/C18H29NO/c1-4-12-19-17-9-6-8-16(17)11-13-20-18-10-5-7-14(2)15(18)3/h5,7,10,16-17,19H,4,6,8-9,11-13H2,1-3H3. The van der Waals surface area contributed by atoms with Crippen LogP contribution in [0.3, 0.4) is 0 Å². The molecule has 1 aromatic carbocycles. The van der Waals surface area contributed by atoms with Crippen molar-refractivity contribution in [3.8, 4) is 5.75 Å². The first-order valence-electron chi connectivity index (χ1n) is 8.14. The molecule has 0 saturated heterocycles. The first-order valence-corrected chi connectivity index (χ1v) is 8.14. The first-order chi connectivity index (χ1) is 9.72. The number of hydrogen-bond acceptors (Lipinski definition) is 2. The van der Waals surface area contributed by atoms with Crippen LogP contribution < -0.4 is 10.1 Å². The molecule has 0 radical (unpaired) electrons. The van der Waals surface area contributed by atoms with E-state index < -0.39 is 0 Å². The molecule has 1 aliphatic carbocycles. The minimum Gasteiger partial charge on any atom is -0.493 e. The molecule has 112 valence electrons. The maximum atomic E-state index is 6.00. The van der Waals surface area contributed by atoms with Gasteiger partial charge in [-0.25, -0.2) is 0 Å². The van der Waals surface area contributed by atoms with Crippen LogP contribution in [0.1, 0.15) is 50.2 Å². The molecule has 2 atom stereocenters. The lowest BCUT2D eigenvalue weighted by Crippen LogP contribution is -2.33. The number of nitrogens with one attached hydrogen (secondary N) is 1. The number of ether oxygens (including phenoxy) is 1. The highest BCUT2D eigenvalue weighted by molar-refractivity contribution is 5.38. The van der Waals surface area contributed by atoms with E-state index in [-0.39, 0.29) is 0 Å². The number of hydrogen-bond donors (Lipinski definition) is 1. The smallest absolute Gasteiger partial charge is 0.122 e. The third-order valence-corrected chi connectivity index (χ3v) is 4.62. The molecule has 1 N–H and O–H groups in total. The molecule has 1 aliphatic rings. The number of aryl methyl sites for hydroxylation is 1. The van der Waals surface area contributed by atoms with Gasteiger partial charge in [-0.3, -0.25) is 0 Å². The quantitative estimate of drug-likeness (QED) is 0.803. The zero-order valence-electron chi connectivity index (χ0n) is 13.2. The van der Waals surface area contributed by atoms with E-state index in [1.807, 2.05) is 0 Å². The molecule has 0 spiro atoms. The minimum atomic E-state index is 0.720. The second-order valence-electron chi connectivity index (χ2n) is 6.09. The SMILES string of the molecule is CCCNC1CCCC1CCOc1cccc(C)c1C. The van der Waals surface area contributed by atoms with Crippen LogP contribution in [0.2, 0.25) is 0 Å². The molecule has 1 fully saturated rings. The molecule has 2 unspecified atom stereocenters. The fraction of sp³-hybridized carbons (Fsp3) is 0.667. The van der Waals surface area contributed by atoms with E-state index in [0.717, 1.165) is 30.9 Å². The van der Waals surface area contributed by atoms with Crippen molar-refractivity contribution < 1.29 is 4.74 Å². The van der Waals surface area contributed by atoms with E-state index in [1.54, 1.807) is 0 Å². The van der Waals surface area contributed by atoms with Crippen LogP contribution in [0.5, 0.6) is 5.75 Å². The second kappa shape index (κ2) is 7.68. The highest BCUT2D eigenvalue weighted by Crippen LogP contribution is 2.29. The van der Waals surface area contributed by atoms with Crippen molar-refractivity contribution in [2.24, 2.45) is 5.92 Å². The molecule has 2 rings (SSSR count). The van der Waals surface area contributed by atoms with Gasteiger partial charge in [-0.05, 0) is 69.2 Å². The lowest BCUT2D eigenvalue weighted by Gasteiger charge is -2.21. The van der Waals surface area contributed by atoms with Crippen LogP contribution in [-0.2, 0) is 0 Å². The number of benzene rings is 1. The van der Waals surface area contributed by atoms with Crippen molar-refractivity contribution in [2.75, 3.05) is 13.2 Å². The van der Waals surface area contributed by atoms with Crippen LogP contribution in [0, 0.1) is 19.8 Å². The van der Waals surface area contributed by atoms with Gasteiger partial charge in [0, 0.05) is 6.04 Å². The molecule has 2 nitrogen and oxygen atoms in total. The summed E-state index contributed by atoms with van der Waals surface area (Å²) >= 11 is 0. The summed E-state index contributed by atoms with van der Waals surface area (Å²) < 4.78 is 6.00. The van der Waals surface area contributed by atoms with Crippen molar-refractivity contribution in [3.05, 3.63) is 29.3 Å². The van der Waals surface area contributed by atoms with Gasteiger partial charge in [0.25, 0.3) is 0 Å². The topological polar surface area (TPSA) is 21.3 Å². The average Bonchev–Trinajstić information content (AvgIpc) is 2.89. The van der Waals surface area contributed by atoms with Gasteiger partial charge < -0.3 is 10.1 Å². The summed E-state index contributed by atoms with van der Waals surface area (Å²) in [5.74, 6) is 1.85. The van der Waals surface area contributed by atoms with Crippen molar-refractivity contribution >= 4 is 0 Å². The Morgan fingerprint density at radius 3 is 2.90 bits per heavy atom. The monoisotopic (exact) mass is 275 g/mol. The summed E-state index contributed by atoms with van der Waals surface area (Å²) in [6.07, 6.45) is 6.47. The predicted molar refractivity (Wildman–Crippen MR) is 85.5 cm³/mol. The van der Waals surface area contributed by atoms with E-state index in [9.17, 15) is 0 Å². The lowest BCUT2D eigenvalue weighted by atomic mass is 10.00. The number of rotatable bonds is 7. The van der Waals surface area contributed by atoms with E-state index in [1.165, 1.54) is 43.2 Å². The highest BCUT2D eigenvalue weighted by Gasteiger charge is 2.26. The van der Waals surface area contributed by atoms with Gasteiger partial charge in [-0.1, -0.05) is 25.5 Å². The lowest BCUT2D eigenvalue weighted by molar-refractivity contribution is 0.259. The maximum Gasteiger partial charge on any atom is 0.122 e. The van der Waals surface area contributed by atoms with Gasteiger partial charge in [0.1, 0.15) is 5.75 Å². The van der Waals surface area contributed by atoms with Crippen molar-refractivity contribution in [1.29, 1.82) is 0 Å². The van der Waals surface area contributed by atoms with Gasteiger partial charge in [-0.2, -0.15) is 0 Å². The third-order valence-electron chi connectivity index (χ3n) is 4.62. The summed E-state index contributed by atoms with van der Waals surface area (Å²) in [4.78, 5) is 0. The largest absolute Gasteiger partial charge is 0.493 e. The molecular weight excluding hydrogens is 246 g/mol. The summed E-state index contributed by atoms with van der Waals surface area (Å²) in [5, 5.41) is 3.69. The van der Waals surface area contributed by atoms with E-state index in [4.69, 9.17) is 4.74 Å². The molecule has 0 amide bonds. The molecule has 0 aromatic heterocycles. The van der Waals surface area contributed by atoms with Crippen LogP contribution in [0.25, 0.3) is 0 Å². The van der Waals surface area contributed by atoms with Crippen molar-refractivity contribution in [2.45, 2.75) is 58.9 Å². The average molecular weight is 275 g/mol. The molecule has 20 heavy (non-hydrogen) atoms. The molecule has 2 heteroatoms. The third kappa shape index (κ3) is 3.99. The molecule has 1 saturated carbocycles. The van der Waals surface area contributed by atoms with Gasteiger partial charge >= 0.3 is 0 Å². The minimum absolute atomic E-state index is 0.720. The van der Waals surface area contributed by atoms with Crippen LogP contribution in [0.15, 0.2) is 18.2 Å². The van der Waals surface area contributed by atoms with Gasteiger partial charge in [-0.15, -0.1) is 0 Å². The van der Waals surface area contributed by atoms with Crippen molar-refractivity contribution in [3.63, 3.8) is 0 Å². The zero-order valence-corrected chi connectivity index (χ0v) is 13.2. The first kappa shape index (κ1) is 15.4. The summed E-state index contributed by atoms with van der Waals surface area (Å²) in [7, 11) is 0.